The third-order valence-corrected chi connectivity index (χ3v) is 5.84. The quantitative estimate of drug-likeness (QED) is 0.864. The van der Waals surface area contributed by atoms with Gasteiger partial charge in [0.15, 0.2) is 4.96 Å². The predicted molar refractivity (Wildman–Crippen MR) is 100 cm³/mol. The molecule has 0 spiro atoms. The van der Waals surface area contributed by atoms with Gasteiger partial charge in [0.2, 0.25) is 5.91 Å². The largest absolute Gasteiger partial charge is 0.349 e. The summed E-state index contributed by atoms with van der Waals surface area (Å²) in [5, 5.41) is 4.70. The molecule has 1 aliphatic carbocycles. The van der Waals surface area contributed by atoms with E-state index >= 15 is 0 Å². The predicted octanol–water partition coefficient (Wildman–Crippen LogP) is 1.91. The number of rotatable bonds is 5. The van der Waals surface area contributed by atoms with Gasteiger partial charge in [0.05, 0.1) is 0 Å². The number of fused-ring (bicyclic) bond motifs is 1. The van der Waals surface area contributed by atoms with Gasteiger partial charge in [0, 0.05) is 42.8 Å². The zero-order chi connectivity index (χ0) is 18.7. The highest BCUT2D eigenvalue weighted by Crippen LogP contribution is 2.26. The average molecular weight is 376 g/mol. The summed E-state index contributed by atoms with van der Waals surface area (Å²) >= 11 is 1.35. The minimum absolute atomic E-state index is 0.00850. The second-order valence-electron chi connectivity index (χ2n) is 6.57. The molecule has 0 atom stereocenters. The molecule has 0 radical (unpaired) electrons. The van der Waals surface area contributed by atoms with Crippen molar-refractivity contribution in [3.63, 3.8) is 0 Å². The first kappa shape index (κ1) is 18.6. The Kier molecular flexibility index (Phi) is 5.70. The fraction of sp³-hybridized carbons (Fsp3) is 0.556. The molecule has 1 saturated carbocycles. The summed E-state index contributed by atoms with van der Waals surface area (Å²) in [7, 11) is 0. The van der Waals surface area contributed by atoms with E-state index < -0.39 is 0 Å². The van der Waals surface area contributed by atoms with E-state index in [1.54, 1.807) is 11.6 Å². The lowest BCUT2D eigenvalue weighted by molar-refractivity contribution is -0.136. The van der Waals surface area contributed by atoms with Crippen LogP contribution in [0.5, 0.6) is 0 Å². The highest BCUT2D eigenvalue weighted by atomic mass is 32.1. The number of hydrogen-bond donors (Lipinski definition) is 1. The minimum atomic E-state index is -0.387. The maximum absolute atomic E-state index is 12.5. The Hall–Kier alpha value is -2.22. The summed E-state index contributed by atoms with van der Waals surface area (Å²) in [4.78, 5) is 43.9. The Morgan fingerprint density at radius 2 is 1.96 bits per heavy atom. The van der Waals surface area contributed by atoms with Gasteiger partial charge in [-0.15, -0.1) is 11.3 Å². The molecular weight excluding hydrogens is 352 g/mol. The molecule has 0 unspecified atom stereocenters. The van der Waals surface area contributed by atoms with Crippen molar-refractivity contribution in [2.24, 2.45) is 5.92 Å². The van der Waals surface area contributed by atoms with Gasteiger partial charge >= 0.3 is 0 Å². The van der Waals surface area contributed by atoms with Gasteiger partial charge in [0.1, 0.15) is 5.56 Å². The molecule has 26 heavy (non-hydrogen) atoms. The van der Waals surface area contributed by atoms with Crippen molar-refractivity contribution in [2.45, 2.75) is 45.6 Å². The second kappa shape index (κ2) is 7.99. The summed E-state index contributed by atoms with van der Waals surface area (Å²) < 4.78 is 1.39. The van der Waals surface area contributed by atoms with E-state index in [-0.39, 0.29) is 34.9 Å². The van der Waals surface area contributed by atoms with Crippen molar-refractivity contribution in [1.29, 1.82) is 0 Å². The fourth-order valence-corrected chi connectivity index (χ4v) is 4.20. The number of hydrogen-bond acceptors (Lipinski definition) is 5. The van der Waals surface area contributed by atoms with E-state index in [1.165, 1.54) is 21.9 Å². The lowest BCUT2D eigenvalue weighted by Crippen LogP contribution is -2.43. The van der Waals surface area contributed by atoms with E-state index in [0.29, 0.717) is 4.96 Å². The van der Waals surface area contributed by atoms with E-state index in [1.807, 2.05) is 18.7 Å². The number of amides is 2. The molecule has 7 nitrogen and oxygen atoms in total. The maximum atomic E-state index is 12.5. The van der Waals surface area contributed by atoms with Crippen molar-refractivity contribution in [3.8, 4) is 0 Å². The van der Waals surface area contributed by atoms with E-state index in [9.17, 15) is 14.4 Å². The summed E-state index contributed by atoms with van der Waals surface area (Å²) in [6.45, 7) is 5.44. The molecule has 140 valence electrons. The summed E-state index contributed by atoms with van der Waals surface area (Å²) in [5.74, 6) is -0.135. The van der Waals surface area contributed by atoms with Crippen LogP contribution in [0.4, 0.5) is 0 Å². The lowest BCUT2D eigenvalue weighted by atomic mass is 9.85. The Labute approximate surface area is 156 Å². The number of nitrogens with one attached hydrogen (secondary N) is 1. The van der Waals surface area contributed by atoms with Crippen LogP contribution in [0.15, 0.2) is 22.6 Å². The van der Waals surface area contributed by atoms with E-state index in [0.717, 1.165) is 38.8 Å². The normalized spacial score (nSPS) is 20.1. The van der Waals surface area contributed by atoms with Crippen molar-refractivity contribution in [1.82, 2.24) is 19.6 Å². The van der Waals surface area contributed by atoms with Crippen molar-refractivity contribution in [2.75, 3.05) is 13.1 Å². The molecule has 2 aromatic rings. The monoisotopic (exact) mass is 376 g/mol. The van der Waals surface area contributed by atoms with Crippen molar-refractivity contribution in [3.05, 3.63) is 33.7 Å². The Balaban J connectivity index is 1.60. The van der Waals surface area contributed by atoms with Crippen molar-refractivity contribution < 1.29 is 9.59 Å². The second-order valence-corrected chi connectivity index (χ2v) is 7.44. The third-order valence-electron chi connectivity index (χ3n) is 5.07. The highest BCUT2D eigenvalue weighted by molar-refractivity contribution is 7.15. The SMILES string of the molecule is CCN(CC)C(=O)C1CCC(NC(=O)c2cnc3sccn3c2=O)CC1. The zero-order valence-corrected chi connectivity index (χ0v) is 15.9. The number of carbonyl (C=O) groups is 2. The fourth-order valence-electron chi connectivity index (χ4n) is 3.52. The molecule has 3 rings (SSSR count). The molecule has 2 aromatic heterocycles. The van der Waals surface area contributed by atoms with Gasteiger partial charge in [-0.3, -0.25) is 18.8 Å². The van der Waals surface area contributed by atoms with Gasteiger partial charge in [-0.25, -0.2) is 4.98 Å². The third kappa shape index (κ3) is 3.65. The highest BCUT2D eigenvalue weighted by Gasteiger charge is 2.29. The van der Waals surface area contributed by atoms with E-state index in [2.05, 4.69) is 10.3 Å². The molecule has 2 amide bonds. The molecule has 1 aliphatic rings. The molecule has 0 bridgehead atoms. The van der Waals surface area contributed by atoms with Crippen molar-refractivity contribution >= 4 is 28.1 Å². The van der Waals surface area contributed by atoms with Crippen LogP contribution in [0.25, 0.3) is 4.96 Å². The molecule has 0 saturated heterocycles. The Bertz CT molecular complexity index is 847. The molecule has 1 fully saturated rings. The van der Waals surface area contributed by atoms with Crippen LogP contribution in [0.1, 0.15) is 49.9 Å². The van der Waals surface area contributed by atoms with Crippen LogP contribution in [0.3, 0.4) is 0 Å². The molecule has 8 heteroatoms. The lowest BCUT2D eigenvalue weighted by Gasteiger charge is -2.31. The van der Waals surface area contributed by atoms with Crippen LogP contribution >= 0.6 is 11.3 Å². The summed E-state index contributed by atoms with van der Waals surface area (Å²) in [6, 6.07) is -0.00850. The number of carbonyl (C=O) groups excluding carboxylic acids is 2. The summed E-state index contributed by atoms with van der Waals surface area (Å²) in [6.07, 6.45) is 6.00. The van der Waals surface area contributed by atoms with Crippen LogP contribution in [0.2, 0.25) is 0 Å². The molecule has 2 heterocycles. The average Bonchev–Trinajstić information content (AvgIpc) is 3.13. The zero-order valence-electron chi connectivity index (χ0n) is 15.1. The molecular formula is C18H24N4O3S. The standard InChI is InChI=1S/C18H24N4O3S/c1-3-21(4-2)16(24)12-5-7-13(8-6-12)20-15(23)14-11-19-18-22(17(14)25)9-10-26-18/h9-13H,3-8H2,1-2H3,(H,20,23). The van der Waals surface area contributed by atoms with Crippen LogP contribution in [-0.4, -0.2) is 45.2 Å². The van der Waals surface area contributed by atoms with Gasteiger partial charge < -0.3 is 10.2 Å². The first-order chi connectivity index (χ1) is 12.5. The van der Waals surface area contributed by atoms with Gasteiger partial charge in [-0.1, -0.05) is 0 Å². The van der Waals surface area contributed by atoms with Gasteiger partial charge in [-0.05, 0) is 39.5 Å². The first-order valence-electron chi connectivity index (χ1n) is 9.09. The summed E-state index contributed by atoms with van der Waals surface area (Å²) in [5.41, 5.74) is -0.290. The number of aromatic nitrogens is 2. The maximum Gasteiger partial charge on any atom is 0.271 e. The number of thiazole rings is 1. The number of nitrogens with zero attached hydrogens (tertiary/aromatic N) is 3. The smallest absolute Gasteiger partial charge is 0.271 e. The van der Waals surface area contributed by atoms with Gasteiger partial charge in [0.25, 0.3) is 11.5 Å². The van der Waals surface area contributed by atoms with Crippen LogP contribution < -0.4 is 10.9 Å². The molecule has 0 aliphatic heterocycles. The van der Waals surface area contributed by atoms with Crippen LogP contribution in [-0.2, 0) is 4.79 Å². The first-order valence-corrected chi connectivity index (χ1v) is 9.97. The Morgan fingerprint density at radius 1 is 1.27 bits per heavy atom. The van der Waals surface area contributed by atoms with Gasteiger partial charge in [-0.2, -0.15) is 0 Å². The topological polar surface area (TPSA) is 83.8 Å². The van der Waals surface area contributed by atoms with Crippen LogP contribution in [0, 0.1) is 5.92 Å². The molecule has 0 aromatic carbocycles. The Morgan fingerprint density at radius 3 is 2.62 bits per heavy atom. The molecule has 1 N–H and O–H groups in total. The minimum Gasteiger partial charge on any atom is -0.349 e. The van der Waals surface area contributed by atoms with E-state index in [4.69, 9.17) is 0 Å².